The van der Waals surface area contributed by atoms with Crippen LogP contribution in [-0.4, -0.2) is 29.8 Å². The second-order valence-corrected chi connectivity index (χ2v) is 5.15. The molecule has 1 aromatic rings. The van der Waals surface area contributed by atoms with Crippen molar-refractivity contribution in [2.24, 2.45) is 0 Å². The highest BCUT2D eigenvalue weighted by atomic mass is 35.5. The minimum absolute atomic E-state index is 0.181. The van der Waals surface area contributed by atoms with Gasteiger partial charge in [0, 0.05) is 10.7 Å². The Balaban J connectivity index is 2.48. The van der Waals surface area contributed by atoms with Gasteiger partial charge in [-0.25, -0.2) is 4.79 Å². The van der Waals surface area contributed by atoms with E-state index in [1.807, 2.05) is 0 Å². The van der Waals surface area contributed by atoms with Gasteiger partial charge in [-0.2, -0.15) is 0 Å². The van der Waals surface area contributed by atoms with Gasteiger partial charge in [0.25, 0.3) is 5.91 Å². The van der Waals surface area contributed by atoms with Gasteiger partial charge in [0.2, 0.25) is 5.78 Å². The Labute approximate surface area is 121 Å². The maximum atomic E-state index is 12.1. The molecule has 6 heteroatoms. The third kappa shape index (κ3) is 2.29. The highest BCUT2D eigenvalue weighted by Crippen LogP contribution is 2.35. The number of carbonyl (C=O) groups excluding carboxylic acids is 3. The molecular weight excluding hydrogens is 282 g/mol. The molecule has 0 spiro atoms. The number of hydrogen-bond acceptors (Lipinski definition) is 4. The Morgan fingerprint density at radius 2 is 2.15 bits per heavy atom. The molecule has 1 aliphatic rings. The quantitative estimate of drug-likeness (QED) is 0.632. The fraction of sp³-hybridized carbons (Fsp3) is 0.357. The molecule has 1 atom stereocenters. The molecule has 0 saturated carbocycles. The lowest BCUT2D eigenvalue weighted by Gasteiger charge is -2.32. The number of halogens is 1. The first-order chi connectivity index (χ1) is 9.40. The lowest BCUT2D eigenvalue weighted by Crippen LogP contribution is -2.50. The first kappa shape index (κ1) is 14.5. The van der Waals surface area contributed by atoms with Crippen LogP contribution in [-0.2, 0) is 19.1 Å². The van der Waals surface area contributed by atoms with E-state index in [1.54, 1.807) is 25.1 Å². The molecule has 2 rings (SSSR count). The molecule has 20 heavy (non-hydrogen) atoms. The minimum Gasteiger partial charge on any atom is -0.464 e. The standard InChI is InChI=1S/C14H14ClNO4/c1-3-20-13(19)14(2)8-11(17)12(18)16(14)10-6-4-5-9(15)7-10/h4-7H,3,8H2,1-2H3. The summed E-state index contributed by atoms with van der Waals surface area (Å²) in [4.78, 5) is 37.1. The molecule has 0 aromatic heterocycles. The SMILES string of the molecule is CCOC(=O)C1(C)CC(=O)C(=O)N1c1cccc(Cl)c1. The number of benzene rings is 1. The molecule has 0 bridgehead atoms. The van der Waals surface area contributed by atoms with E-state index in [0.717, 1.165) is 0 Å². The molecule has 1 amide bonds. The van der Waals surface area contributed by atoms with Gasteiger partial charge in [-0.15, -0.1) is 0 Å². The van der Waals surface area contributed by atoms with Gasteiger partial charge in [-0.1, -0.05) is 17.7 Å². The van der Waals surface area contributed by atoms with Crippen molar-refractivity contribution < 1.29 is 19.1 Å². The molecule has 0 aliphatic carbocycles. The van der Waals surface area contributed by atoms with Crippen LogP contribution >= 0.6 is 11.6 Å². The van der Waals surface area contributed by atoms with Gasteiger partial charge in [-0.3, -0.25) is 14.5 Å². The summed E-state index contributed by atoms with van der Waals surface area (Å²) in [6.45, 7) is 3.37. The molecule has 106 valence electrons. The summed E-state index contributed by atoms with van der Waals surface area (Å²) in [5.74, 6) is -1.93. The van der Waals surface area contributed by atoms with E-state index in [1.165, 1.54) is 17.9 Å². The number of esters is 1. The van der Waals surface area contributed by atoms with Crippen molar-refractivity contribution >= 4 is 34.9 Å². The molecule has 1 saturated heterocycles. The molecule has 1 aliphatic heterocycles. The first-order valence-corrected chi connectivity index (χ1v) is 6.58. The number of carbonyl (C=O) groups is 3. The maximum Gasteiger partial charge on any atom is 0.332 e. The fourth-order valence-corrected chi connectivity index (χ4v) is 2.47. The summed E-state index contributed by atoms with van der Waals surface area (Å²) in [5, 5.41) is 0.417. The van der Waals surface area contributed by atoms with Crippen molar-refractivity contribution in [3.8, 4) is 0 Å². The number of ketones is 1. The first-order valence-electron chi connectivity index (χ1n) is 6.20. The Kier molecular flexibility index (Phi) is 3.81. The van der Waals surface area contributed by atoms with Crippen LogP contribution in [0.5, 0.6) is 0 Å². The van der Waals surface area contributed by atoms with Crippen molar-refractivity contribution in [1.82, 2.24) is 0 Å². The molecule has 5 nitrogen and oxygen atoms in total. The normalized spacial score (nSPS) is 22.2. The summed E-state index contributed by atoms with van der Waals surface area (Å²) < 4.78 is 4.99. The largest absolute Gasteiger partial charge is 0.464 e. The molecular formula is C14H14ClNO4. The second kappa shape index (κ2) is 5.25. The van der Waals surface area contributed by atoms with Gasteiger partial charge in [0.1, 0.15) is 5.54 Å². The Bertz CT molecular complexity index is 586. The summed E-state index contributed by atoms with van der Waals surface area (Å²) in [7, 11) is 0. The van der Waals surface area contributed by atoms with Crippen molar-refractivity contribution in [3.05, 3.63) is 29.3 Å². The Morgan fingerprint density at radius 1 is 1.45 bits per heavy atom. The molecule has 1 fully saturated rings. The highest BCUT2D eigenvalue weighted by molar-refractivity contribution is 6.46. The lowest BCUT2D eigenvalue weighted by molar-refractivity contribution is -0.149. The number of nitrogens with zero attached hydrogens (tertiary/aromatic N) is 1. The van der Waals surface area contributed by atoms with Crippen LogP contribution in [0.15, 0.2) is 24.3 Å². The molecule has 0 radical (unpaired) electrons. The van der Waals surface area contributed by atoms with E-state index in [0.29, 0.717) is 10.7 Å². The fourth-order valence-electron chi connectivity index (χ4n) is 2.28. The van der Waals surface area contributed by atoms with Crippen LogP contribution in [0.3, 0.4) is 0 Å². The average Bonchev–Trinajstić information content (AvgIpc) is 2.61. The predicted molar refractivity (Wildman–Crippen MR) is 73.6 cm³/mol. The number of rotatable bonds is 3. The molecule has 1 aromatic carbocycles. The summed E-state index contributed by atoms with van der Waals surface area (Å²) in [6, 6.07) is 6.46. The summed E-state index contributed by atoms with van der Waals surface area (Å²) in [5.41, 5.74) is -0.918. The Morgan fingerprint density at radius 3 is 2.75 bits per heavy atom. The third-order valence-corrected chi connectivity index (χ3v) is 3.46. The second-order valence-electron chi connectivity index (χ2n) is 4.71. The Hall–Kier alpha value is -1.88. The zero-order chi connectivity index (χ0) is 14.9. The van der Waals surface area contributed by atoms with Crippen molar-refractivity contribution in [2.45, 2.75) is 25.8 Å². The minimum atomic E-state index is -1.32. The summed E-state index contributed by atoms with van der Waals surface area (Å²) >= 11 is 5.90. The van der Waals surface area contributed by atoms with E-state index in [2.05, 4.69) is 0 Å². The zero-order valence-electron chi connectivity index (χ0n) is 11.2. The monoisotopic (exact) mass is 295 g/mol. The molecule has 0 N–H and O–H groups in total. The van der Waals surface area contributed by atoms with Crippen molar-refractivity contribution in [1.29, 1.82) is 0 Å². The predicted octanol–water partition coefficient (Wildman–Crippen LogP) is 1.97. The van der Waals surface area contributed by atoms with Crippen LogP contribution in [0.1, 0.15) is 20.3 Å². The third-order valence-electron chi connectivity index (χ3n) is 3.22. The van der Waals surface area contributed by atoms with Crippen LogP contribution in [0.4, 0.5) is 5.69 Å². The van der Waals surface area contributed by atoms with Crippen molar-refractivity contribution in [3.63, 3.8) is 0 Å². The number of Topliss-reactive ketones (excluding diaryl/α,β-unsaturated/α-hetero) is 1. The van der Waals surface area contributed by atoms with E-state index in [-0.39, 0.29) is 13.0 Å². The van der Waals surface area contributed by atoms with Crippen LogP contribution < -0.4 is 4.90 Å². The average molecular weight is 296 g/mol. The zero-order valence-corrected chi connectivity index (χ0v) is 11.9. The number of ether oxygens (including phenoxy) is 1. The topological polar surface area (TPSA) is 63.7 Å². The molecule has 1 unspecified atom stereocenters. The smallest absolute Gasteiger partial charge is 0.332 e. The summed E-state index contributed by atoms with van der Waals surface area (Å²) in [6.07, 6.45) is -0.197. The number of anilines is 1. The molecule has 1 heterocycles. The van der Waals surface area contributed by atoms with E-state index >= 15 is 0 Å². The van der Waals surface area contributed by atoms with E-state index < -0.39 is 23.2 Å². The van der Waals surface area contributed by atoms with Gasteiger partial charge in [0.15, 0.2) is 0 Å². The highest BCUT2D eigenvalue weighted by Gasteiger charge is 2.54. The van der Waals surface area contributed by atoms with Crippen molar-refractivity contribution in [2.75, 3.05) is 11.5 Å². The van der Waals surface area contributed by atoms with Gasteiger partial charge in [0.05, 0.1) is 13.0 Å². The van der Waals surface area contributed by atoms with E-state index in [9.17, 15) is 14.4 Å². The maximum absolute atomic E-state index is 12.1. The van der Waals surface area contributed by atoms with E-state index in [4.69, 9.17) is 16.3 Å². The van der Waals surface area contributed by atoms with Gasteiger partial charge in [-0.05, 0) is 32.0 Å². The number of hydrogen-bond donors (Lipinski definition) is 0. The lowest BCUT2D eigenvalue weighted by atomic mass is 9.98. The van der Waals surface area contributed by atoms with Crippen LogP contribution in [0.2, 0.25) is 5.02 Å². The van der Waals surface area contributed by atoms with Gasteiger partial charge < -0.3 is 4.74 Å². The van der Waals surface area contributed by atoms with Crippen LogP contribution in [0.25, 0.3) is 0 Å². The number of amides is 1. The van der Waals surface area contributed by atoms with Crippen LogP contribution in [0, 0.1) is 0 Å². The van der Waals surface area contributed by atoms with Gasteiger partial charge >= 0.3 is 5.97 Å².